The number of nitrogens with zero attached hydrogens (tertiary/aromatic N) is 1. The van der Waals surface area contributed by atoms with Crippen molar-refractivity contribution in [3.05, 3.63) is 27.3 Å². The van der Waals surface area contributed by atoms with Gasteiger partial charge in [-0.05, 0) is 65.0 Å². The number of nitrogens with two attached hydrogens (primary N) is 1. The Morgan fingerprint density at radius 2 is 1.94 bits per heavy atom. The Labute approximate surface area is 117 Å². The van der Waals surface area contributed by atoms with Crippen molar-refractivity contribution in [1.29, 1.82) is 0 Å². The average Bonchev–Trinajstić information content (AvgIpc) is 2.84. The van der Waals surface area contributed by atoms with Gasteiger partial charge >= 0.3 is 0 Å². The minimum Gasteiger partial charge on any atom is -0.398 e. The molecule has 17 heavy (non-hydrogen) atoms. The maximum absolute atomic E-state index is 5.85. The Hall–Kier alpha value is -0.290. The standard InChI is InChI=1S/C14H19IN2/c15-13-6-10(4-5-14(13)16)7-17-8-11-2-1-3-12(11)9-17/h4-6,11-12H,1-3,7-9,16H2. The molecule has 1 aliphatic heterocycles. The van der Waals surface area contributed by atoms with E-state index in [1.807, 2.05) is 6.07 Å². The fourth-order valence-corrected chi connectivity index (χ4v) is 3.97. The Morgan fingerprint density at radius 1 is 1.24 bits per heavy atom. The number of likely N-dealkylation sites (tertiary alicyclic amines) is 1. The minimum absolute atomic E-state index is 0.896. The fraction of sp³-hybridized carbons (Fsp3) is 0.571. The van der Waals surface area contributed by atoms with Gasteiger partial charge in [-0.25, -0.2) is 0 Å². The first kappa shape index (κ1) is 11.8. The molecule has 0 aromatic heterocycles. The molecule has 2 unspecified atom stereocenters. The van der Waals surface area contributed by atoms with Gasteiger partial charge in [0.05, 0.1) is 0 Å². The number of hydrogen-bond donors (Lipinski definition) is 1. The van der Waals surface area contributed by atoms with Crippen molar-refractivity contribution in [2.75, 3.05) is 18.8 Å². The molecule has 1 aliphatic carbocycles. The van der Waals surface area contributed by atoms with Gasteiger partial charge in [-0.1, -0.05) is 12.5 Å². The second-order valence-corrected chi connectivity index (χ2v) is 6.66. The van der Waals surface area contributed by atoms with Crippen LogP contribution in [-0.4, -0.2) is 18.0 Å². The summed E-state index contributed by atoms with van der Waals surface area (Å²) in [5.74, 6) is 1.98. The topological polar surface area (TPSA) is 29.3 Å². The summed E-state index contributed by atoms with van der Waals surface area (Å²) in [7, 11) is 0. The SMILES string of the molecule is Nc1ccc(CN2CC3CCCC3C2)cc1I. The molecule has 1 saturated carbocycles. The van der Waals surface area contributed by atoms with E-state index in [1.54, 1.807) is 0 Å². The van der Waals surface area contributed by atoms with E-state index in [2.05, 4.69) is 39.6 Å². The molecule has 3 rings (SSSR count). The quantitative estimate of drug-likeness (QED) is 0.661. The first-order chi connectivity index (χ1) is 8.22. The van der Waals surface area contributed by atoms with Crippen molar-refractivity contribution in [2.45, 2.75) is 25.8 Å². The fourth-order valence-electron chi connectivity index (χ4n) is 3.39. The van der Waals surface area contributed by atoms with Crippen molar-refractivity contribution in [3.63, 3.8) is 0 Å². The largest absolute Gasteiger partial charge is 0.398 e. The van der Waals surface area contributed by atoms with Crippen LogP contribution in [-0.2, 0) is 6.54 Å². The van der Waals surface area contributed by atoms with Gasteiger partial charge in [0.25, 0.3) is 0 Å². The van der Waals surface area contributed by atoms with Crippen LogP contribution in [0.4, 0.5) is 5.69 Å². The molecule has 0 spiro atoms. The molecule has 1 aromatic carbocycles. The van der Waals surface area contributed by atoms with Gasteiger partial charge in [-0.3, -0.25) is 4.90 Å². The number of hydrogen-bond acceptors (Lipinski definition) is 2. The lowest BCUT2D eigenvalue weighted by Gasteiger charge is -2.17. The first-order valence-electron chi connectivity index (χ1n) is 6.48. The predicted octanol–water partition coefficient (Wildman–Crippen LogP) is 3.11. The molecule has 2 atom stereocenters. The number of fused-ring (bicyclic) bond motifs is 1. The molecular weight excluding hydrogens is 323 g/mol. The lowest BCUT2D eigenvalue weighted by atomic mass is 10.0. The average molecular weight is 342 g/mol. The van der Waals surface area contributed by atoms with Crippen molar-refractivity contribution in [1.82, 2.24) is 4.90 Å². The molecule has 3 heteroatoms. The van der Waals surface area contributed by atoms with Gasteiger partial charge < -0.3 is 5.73 Å². The number of anilines is 1. The van der Waals surface area contributed by atoms with Gasteiger partial charge in [0, 0.05) is 28.9 Å². The minimum atomic E-state index is 0.896. The van der Waals surface area contributed by atoms with Crippen LogP contribution >= 0.6 is 22.6 Å². The summed E-state index contributed by atoms with van der Waals surface area (Å²) < 4.78 is 1.18. The van der Waals surface area contributed by atoms with Gasteiger partial charge in [0.1, 0.15) is 0 Å². The molecule has 1 saturated heterocycles. The van der Waals surface area contributed by atoms with Crippen molar-refractivity contribution < 1.29 is 0 Å². The molecule has 0 radical (unpaired) electrons. The van der Waals surface area contributed by atoms with E-state index in [0.29, 0.717) is 0 Å². The maximum Gasteiger partial charge on any atom is 0.0449 e. The molecular formula is C14H19IN2. The molecule has 1 aromatic rings. The third kappa shape index (κ3) is 2.45. The number of halogens is 1. The van der Waals surface area contributed by atoms with Gasteiger partial charge in [0.15, 0.2) is 0 Å². The normalized spacial score (nSPS) is 28.5. The zero-order valence-corrected chi connectivity index (χ0v) is 12.2. The van der Waals surface area contributed by atoms with Gasteiger partial charge in [-0.2, -0.15) is 0 Å². The van der Waals surface area contributed by atoms with E-state index in [0.717, 1.165) is 24.1 Å². The summed E-state index contributed by atoms with van der Waals surface area (Å²) in [5.41, 5.74) is 8.15. The van der Waals surface area contributed by atoms with Crippen molar-refractivity contribution in [3.8, 4) is 0 Å². The zero-order valence-electron chi connectivity index (χ0n) is 10.0. The maximum atomic E-state index is 5.85. The summed E-state index contributed by atoms with van der Waals surface area (Å²) in [5, 5.41) is 0. The summed E-state index contributed by atoms with van der Waals surface area (Å²) in [6.45, 7) is 3.72. The highest BCUT2D eigenvalue weighted by atomic mass is 127. The third-order valence-electron chi connectivity index (χ3n) is 4.27. The van der Waals surface area contributed by atoms with Crippen LogP contribution in [0.25, 0.3) is 0 Å². The van der Waals surface area contributed by atoms with E-state index in [-0.39, 0.29) is 0 Å². The van der Waals surface area contributed by atoms with Crippen molar-refractivity contribution >= 4 is 28.3 Å². The van der Waals surface area contributed by atoms with Crippen LogP contribution in [0.2, 0.25) is 0 Å². The molecule has 2 fully saturated rings. The number of nitrogen functional groups attached to an aromatic ring is 1. The molecule has 0 amide bonds. The van der Waals surface area contributed by atoms with Crippen molar-refractivity contribution in [2.24, 2.45) is 11.8 Å². The van der Waals surface area contributed by atoms with E-state index in [4.69, 9.17) is 5.73 Å². The highest BCUT2D eigenvalue weighted by Gasteiger charge is 2.35. The Morgan fingerprint density at radius 3 is 2.59 bits per heavy atom. The smallest absolute Gasteiger partial charge is 0.0449 e. The Balaban J connectivity index is 1.65. The molecule has 2 N–H and O–H groups in total. The monoisotopic (exact) mass is 342 g/mol. The number of rotatable bonds is 2. The Bertz CT molecular complexity index is 407. The van der Waals surface area contributed by atoms with E-state index >= 15 is 0 Å². The van der Waals surface area contributed by atoms with Crippen LogP contribution in [0.5, 0.6) is 0 Å². The predicted molar refractivity (Wildman–Crippen MR) is 79.7 cm³/mol. The lowest BCUT2D eigenvalue weighted by molar-refractivity contribution is 0.303. The van der Waals surface area contributed by atoms with Crippen LogP contribution < -0.4 is 5.73 Å². The van der Waals surface area contributed by atoms with E-state index in [1.165, 1.54) is 41.5 Å². The summed E-state index contributed by atoms with van der Waals surface area (Å²) in [6, 6.07) is 6.43. The van der Waals surface area contributed by atoms with E-state index in [9.17, 15) is 0 Å². The zero-order chi connectivity index (χ0) is 11.8. The van der Waals surface area contributed by atoms with E-state index < -0.39 is 0 Å². The summed E-state index contributed by atoms with van der Waals surface area (Å²) >= 11 is 2.32. The van der Waals surface area contributed by atoms with Crippen LogP contribution in [0, 0.1) is 15.4 Å². The second-order valence-electron chi connectivity index (χ2n) is 5.50. The molecule has 0 bridgehead atoms. The lowest BCUT2D eigenvalue weighted by Crippen LogP contribution is -2.21. The Kier molecular flexibility index (Phi) is 3.30. The van der Waals surface area contributed by atoms with Gasteiger partial charge in [0.2, 0.25) is 0 Å². The molecule has 2 aliphatic rings. The van der Waals surface area contributed by atoms with Gasteiger partial charge in [-0.15, -0.1) is 0 Å². The van der Waals surface area contributed by atoms with Crippen LogP contribution in [0.1, 0.15) is 24.8 Å². The summed E-state index contributed by atoms with van der Waals surface area (Å²) in [6.07, 6.45) is 4.38. The molecule has 2 nitrogen and oxygen atoms in total. The second kappa shape index (κ2) is 4.76. The summed E-state index contributed by atoms with van der Waals surface area (Å²) in [4.78, 5) is 2.62. The third-order valence-corrected chi connectivity index (χ3v) is 5.21. The molecule has 1 heterocycles. The first-order valence-corrected chi connectivity index (χ1v) is 7.56. The van der Waals surface area contributed by atoms with Crippen LogP contribution in [0.15, 0.2) is 18.2 Å². The highest BCUT2D eigenvalue weighted by Crippen LogP contribution is 2.38. The number of benzene rings is 1. The van der Waals surface area contributed by atoms with Crippen LogP contribution in [0.3, 0.4) is 0 Å². The molecule has 92 valence electrons. The highest BCUT2D eigenvalue weighted by molar-refractivity contribution is 14.1.